The highest BCUT2D eigenvalue weighted by Gasteiger charge is 2.29. The smallest absolute Gasteiger partial charge is 0.209 e. The van der Waals surface area contributed by atoms with Gasteiger partial charge in [-0.2, -0.15) is 0 Å². The topological polar surface area (TPSA) is 41.7 Å². The molecule has 2 saturated heterocycles. The maximum atomic E-state index is 13.2. The van der Waals surface area contributed by atoms with Gasteiger partial charge in [0.25, 0.3) is 0 Å². The molecule has 1 aromatic heterocycles. The SMILES string of the molecule is Fc1ccc2oc(CN3CCC(N4CCOCC4)C3)nc2c1. The molecule has 0 bridgehead atoms. The first-order valence-corrected chi connectivity index (χ1v) is 7.87. The van der Waals surface area contributed by atoms with Gasteiger partial charge in [-0.05, 0) is 18.6 Å². The lowest BCUT2D eigenvalue weighted by molar-refractivity contribution is 0.0182. The van der Waals surface area contributed by atoms with Crippen molar-refractivity contribution in [2.75, 3.05) is 39.4 Å². The normalized spacial score (nSPS) is 24.3. The van der Waals surface area contributed by atoms with E-state index in [1.165, 1.54) is 18.6 Å². The lowest BCUT2D eigenvalue weighted by Crippen LogP contribution is -2.44. The second-order valence-corrected chi connectivity index (χ2v) is 6.05. The largest absolute Gasteiger partial charge is 0.439 e. The minimum atomic E-state index is -0.277. The Morgan fingerprint density at radius 2 is 2.09 bits per heavy atom. The van der Waals surface area contributed by atoms with E-state index in [0.717, 1.165) is 39.4 Å². The number of rotatable bonds is 3. The van der Waals surface area contributed by atoms with E-state index in [1.54, 1.807) is 6.07 Å². The average Bonchev–Trinajstić information content (AvgIpc) is 3.14. The minimum absolute atomic E-state index is 0.277. The number of morpholine rings is 1. The molecule has 2 aromatic rings. The molecular weight excluding hydrogens is 285 g/mol. The lowest BCUT2D eigenvalue weighted by Gasteiger charge is -2.32. The molecule has 2 aliphatic heterocycles. The van der Waals surface area contributed by atoms with Crippen LogP contribution in [0.2, 0.25) is 0 Å². The van der Waals surface area contributed by atoms with Crippen LogP contribution >= 0.6 is 0 Å². The molecule has 0 spiro atoms. The van der Waals surface area contributed by atoms with Crippen molar-refractivity contribution in [2.24, 2.45) is 0 Å². The van der Waals surface area contributed by atoms with E-state index in [2.05, 4.69) is 14.8 Å². The summed E-state index contributed by atoms with van der Waals surface area (Å²) in [7, 11) is 0. The van der Waals surface area contributed by atoms with Crippen LogP contribution in [0.15, 0.2) is 22.6 Å². The van der Waals surface area contributed by atoms with Gasteiger partial charge in [-0.3, -0.25) is 9.80 Å². The van der Waals surface area contributed by atoms with E-state index >= 15 is 0 Å². The Kier molecular flexibility index (Phi) is 3.82. The number of hydrogen-bond donors (Lipinski definition) is 0. The summed E-state index contributed by atoms with van der Waals surface area (Å²) in [4.78, 5) is 9.27. The fourth-order valence-electron chi connectivity index (χ4n) is 3.40. The first-order chi connectivity index (χ1) is 10.8. The highest BCUT2D eigenvalue weighted by Crippen LogP contribution is 2.21. The highest BCUT2D eigenvalue weighted by atomic mass is 19.1. The number of fused-ring (bicyclic) bond motifs is 1. The van der Waals surface area contributed by atoms with Crippen LogP contribution in [0.25, 0.3) is 11.1 Å². The second-order valence-electron chi connectivity index (χ2n) is 6.05. The zero-order valence-corrected chi connectivity index (χ0v) is 12.5. The predicted octanol–water partition coefficient (Wildman–Crippen LogP) is 1.87. The first kappa shape index (κ1) is 14.1. The molecule has 5 nitrogen and oxygen atoms in total. The van der Waals surface area contributed by atoms with Gasteiger partial charge in [-0.25, -0.2) is 9.37 Å². The number of hydrogen-bond acceptors (Lipinski definition) is 5. The zero-order chi connectivity index (χ0) is 14.9. The number of ether oxygens (including phenoxy) is 1. The van der Waals surface area contributed by atoms with Crippen molar-refractivity contribution in [2.45, 2.75) is 19.0 Å². The summed E-state index contributed by atoms with van der Waals surface area (Å²) in [6.45, 7) is 6.51. The van der Waals surface area contributed by atoms with E-state index in [4.69, 9.17) is 9.15 Å². The number of halogens is 1. The van der Waals surface area contributed by atoms with Gasteiger partial charge in [-0.1, -0.05) is 0 Å². The predicted molar refractivity (Wildman–Crippen MR) is 80.0 cm³/mol. The van der Waals surface area contributed by atoms with E-state index < -0.39 is 0 Å². The van der Waals surface area contributed by atoms with Gasteiger partial charge >= 0.3 is 0 Å². The number of oxazole rings is 1. The first-order valence-electron chi connectivity index (χ1n) is 7.87. The van der Waals surface area contributed by atoms with Gasteiger partial charge in [-0.15, -0.1) is 0 Å². The van der Waals surface area contributed by atoms with Crippen LogP contribution < -0.4 is 0 Å². The molecule has 0 amide bonds. The molecule has 118 valence electrons. The van der Waals surface area contributed by atoms with Gasteiger partial charge in [0.05, 0.1) is 19.8 Å². The molecule has 0 aliphatic carbocycles. The Hall–Kier alpha value is -1.50. The summed E-state index contributed by atoms with van der Waals surface area (Å²) < 4.78 is 24.3. The highest BCUT2D eigenvalue weighted by molar-refractivity contribution is 5.72. The Morgan fingerprint density at radius 1 is 1.23 bits per heavy atom. The fourth-order valence-corrected chi connectivity index (χ4v) is 3.40. The van der Waals surface area contributed by atoms with Crippen LogP contribution in [0.4, 0.5) is 4.39 Å². The fraction of sp³-hybridized carbons (Fsp3) is 0.562. The molecule has 1 unspecified atom stereocenters. The number of aromatic nitrogens is 1. The maximum absolute atomic E-state index is 13.2. The molecule has 1 aromatic carbocycles. The molecule has 6 heteroatoms. The van der Waals surface area contributed by atoms with Crippen LogP contribution in [0, 0.1) is 5.82 Å². The maximum Gasteiger partial charge on any atom is 0.209 e. The number of likely N-dealkylation sites (tertiary alicyclic amines) is 1. The zero-order valence-electron chi connectivity index (χ0n) is 12.5. The number of benzene rings is 1. The van der Waals surface area contributed by atoms with Gasteiger partial charge in [0.1, 0.15) is 11.3 Å². The third kappa shape index (κ3) is 2.86. The van der Waals surface area contributed by atoms with Crippen LogP contribution in [0.3, 0.4) is 0 Å². The minimum Gasteiger partial charge on any atom is -0.439 e. The van der Waals surface area contributed by atoms with Crippen molar-refractivity contribution in [1.29, 1.82) is 0 Å². The van der Waals surface area contributed by atoms with Crippen LogP contribution in [-0.2, 0) is 11.3 Å². The van der Waals surface area contributed by atoms with E-state index in [9.17, 15) is 4.39 Å². The van der Waals surface area contributed by atoms with Crippen LogP contribution in [-0.4, -0.2) is 60.2 Å². The Bertz CT molecular complexity index is 654. The van der Waals surface area contributed by atoms with Gasteiger partial charge < -0.3 is 9.15 Å². The van der Waals surface area contributed by atoms with Crippen LogP contribution in [0.5, 0.6) is 0 Å². The third-order valence-corrected chi connectivity index (χ3v) is 4.56. The van der Waals surface area contributed by atoms with E-state index in [1.807, 2.05) is 0 Å². The summed E-state index contributed by atoms with van der Waals surface area (Å²) in [5.74, 6) is 0.393. The lowest BCUT2D eigenvalue weighted by atomic mass is 10.2. The molecule has 0 radical (unpaired) electrons. The summed E-state index contributed by atoms with van der Waals surface area (Å²) in [6, 6.07) is 5.07. The summed E-state index contributed by atoms with van der Waals surface area (Å²) in [6.07, 6.45) is 1.18. The number of nitrogens with zero attached hydrogens (tertiary/aromatic N) is 3. The Morgan fingerprint density at radius 3 is 2.95 bits per heavy atom. The monoisotopic (exact) mass is 305 g/mol. The summed E-state index contributed by atoms with van der Waals surface area (Å²) in [5.41, 5.74) is 1.25. The standard InChI is InChI=1S/C16H20FN3O2/c17-12-1-2-15-14(9-12)18-16(22-15)11-19-4-3-13(10-19)20-5-7-21-8-6-20/h1-2,9,13H,3-8,10-11H2. The summed E-state index contributed by atoms with van der Waals surface area (Å²) >= 11 is 0. The van der Waals surface area contributed by atoms with Crippen molar-refractivity contribution in [3.05, 3.63) is 29.9 Å². The van der Waals surface area contributed by atoms with Crippen molar-refractivity contribution in [1.82, 2.24) is 14.8 Å². The molecule has 22 heavy (non-hydrogen) atoms. The quantitative estimate of drug-likeness (QED) is 0.866. The van der Waals surface area contributed by atoms with E-state index in [-0.39, 0.29) is 5.82 Å². The molecule has 2 fully saturated rings. The average molecular weight is 305 g/mol. The van der Waals surface area contributed by atoms with Gasteiger partial charge in [0.2, 0.25) is 5.89 Å². The molecule has 1 atom stereocenters. The molecular formula is C16H20FN3O2. The third-order valence-electron chi connectivity index (χ3n) is 4.56. The second kappa shape index (κ2) is 5.95. The van der Waals surface area contributed by atoms with Crippen molar-refractivity contribution >= 4 is 11.1 Å². The van der Waals surface area contributed by atoms with Crippen molar-refractivity contribution in [3.63, 3.8) is 0 Å². The van der Waals surface area contributed by atoms with Gasteiger partial charge in [0.15, 0.2) is 5.58 Å². The molecule has 0 saturated carbocycles. The molecule has 3 heterocycles. The Labute approximate surface area is 128 Å². The molecule has 0 N–H and O–H groups in total. The summed E-state index contributed by atoms with van der Waals surface area (Å²) in [5, 5.41) is 0. The molecule has 4 rings (SSSR count). The van der Waals surface area contributed by atoms with Crippen molar-refractivity contribution in [3.8, 4) is 0 Å². The Balaban J connectivity index is 1.40. The van der Waals surface area contributed by atoms with Crippen LogP contribution in [0.1, 0.15) is 12.3 Å². The van der Waals surface area contributed by atoms with Crippen molar-refractivity contribution < 1.29 is 13.5 Å². The molecule has 2 aliphatic rings. The van der Waals surface area contributed by atoms with E-state index in [0.29, 0.717) is 29.6 Å². The van der Waals surface area contributed by atoms with Gasteiger partial charge in [0, 0.05) is 38.3 Å².